The van der Waals surface area contributed by atoms with Crippen molar-refractivity contribution in [3.05, 3.63) is 59.7 Å². The molecule has 2 N–H and O–H groups in total. The van der Waals surface area contributed by atoms with Gasteiger partial charge in [0.2, 0.25) is 0 Å². The van der Waals surface area contributed by atoms with Crippen LogP contribution in [0.2, 0.25) is 0 Å². The third kappa shape index (κ3) is 2.35. The van der Waals surface area contributed by atoms with Crippen LogP contribution in [-0.4, -0.2) is 18.3 Å². The second-order valence-corrected chi connectivity index (χ2v) is 4.64. The van der Waals surface area contributed by atoms with Crippen LogP contribution in [0.3, 0.4) is 0 Å². The molecular formula is C16H17NO2. The van der Waals surface area contributed by atoms with Crippen molar-refractivity contribution in [3.8, 4) is 11.5 Å². The van der Waals surface area contributed by atoms with E-state index in [4.69, 9.17) is 9.84 Å². The average Bonchev–Trinajstić information content (AvgIpc) is 2.46. The molecule has 0 fully saturated rings. The highest BCUT2D eigenvalue weighted by molar-refractivity contribution is 5.52. The van der Waals surface area contributed by atoms with Crippen LogP contribution in [0.1, 0.15) is 23.6 Å². The predicted octanol–water partition coefficient (Wildman–Crippen LogP) is 2.85. The van der Waals surface area contributed by atoms with Gasteiger partial charge in [-0.2, -0.15) is 0 Å². The number of hydrogen-bond acceptors (Lipinski definition) is 3. The quantitative estimate of drug-likeness (QED) is 0.825. The smallest absolute Gasteiger partial charge is 0.132 e. The van der Waals surface area contributed by atoms with Crippen molar-refractivity contribution >= 4 is 0 Å². The number of aliphatic hydroxyl groups excluding tert-OH is 1. The summed E-state index contributed by atoms with van der Waals surface area (Å²) in [6.07, 6.45) is 0.752. The molecule has 0 saturated heterocycles. The van der Waals surface area contributed by atoms with E-state index in [-0.39, 0.29) is 12.6 Å². The number of nitrogens with one attached hydrogen (secondary N) is 1. The first-order valence-corrected chi connectivity index (χ1v) is 6.60. The summed E-state index contributed by atoms with van der Waals surface area (Å²) in [5.41, 5.74) is 2.30. The fourth-order valence-electron chi connectivity index (χ4n) is 2.46. The fourth-order valence-corrected chi connectivity index (χ4v) is 2.46. The van der Waals surface area contributed by atoms with Gasteiger partial charge in [-0.3, -0.25) is 0 Å². The molecule has 0 atom stereocenters. The summed E-state index contributed by atoms with van der Waals surface area (Å²) in [6.45, 7) is 0.989. The lowest BCUT2D eigenvalue weighted by atomic mass is 9.94. The van der Waals surface area contributed by atoms with E-state index in [1.807, 2.05) is 36.4 Å². The summed E-state index contributed by atoms with van der Waals surface area (Å²) in [6, 6.07) is 16.3. The van der Waals surface area contributed by atoms with E-state index in [0.717, 1.165) is 35.6 Å². The van der Waals surface area contributed by atoms with Crippen LogP contribution in [0.25, 0.3) is 0 Å². The minimum Gasteiger partial charge on any atom is -0.457 e. The molecule has 0 bridgehead atoms. The molecular weight excluding hydrogens is 238 g/mol. The molecule has 1 heterocycles. The number of rotatable bonds is 4. The van der Waals surface area contributed by atoms with Crippen molar-refractivity contribution in [3.63, 3.8) is 0 Å². The molecule has 2 aromatic carbocycles. The molecule has 2 aromatic rings. The average molecular weight is 255 g/mol. The summed E-state index contributed by atoms with van der Waals surface area (Å²) < 4.78 is 5.92. The van der Waals surface area contributed by atoms with E-state index >= 15 is 0 Å². The molecule has 0 saturated carbocycles. The zero-order chi connectivity index (χ0) is 13.1. The van der Waals surface area contributed by atoms with Gasteiger partial charge < -0.3 is 15.2 Å². The second kappa shape index (κ2) is 5.43. The Balaban J connectivity index is 1.96. The van der Waals surface area contributed by atoms with Crippen LogP contribution >= 0.6 is 0 Å². The minimum atomic E-state index is 0.132. The Morgan fingerprint density at radius 3 is 2.11 bits per heavy atom. The van der Waals surface area contributed by atoms with Gasteiger partial charge in [-0.05, 0) is 25.1 Å². The van der Waals surface area contributed by atoms with E-state index < -0.39 is 0 Å². The van der Waals surface area contributed by atoms with Crippen molar-refractivity contribution in [2.75, 3.05) is 13.2 Å². The summed E-state index contributed by atoms with van der Waals surface area (Å²) in [4.78, 5) is 0. The van der Waals surface area contributed by atoms with Gasteiger partial charge in [0.05, 0.1) is 6.04 Å². The van der Waals surface area contributed by atoms with E-state index in [0.29, 0.717) is 0 Å². The molecule has 0 spiro atoms. The van der Waals surface area contributed by atoms with Gasteiger partial charge in [-0.1, -0.05) is 36.4 Å². The lowest BCUT2D eigenvalue weighted by Crippen LogP contribution is -2.26. The van der Waals surface area contributed by atoms with Gasteiger partial charge in [0.25, 0.3) is 0 Å². The first-order chi connectivity index (χ1) is 9.40. The van der Waals surface area contributed by atoms with E-state index in [1.54, 1.807) is 0 Å². The number of aliphatic hydroxyl groups is 1. The number of hydrogen-bond donors (Lipinski definition) is 2. The number of benzene rings is 2. The Kier molecular flexibility index (Phi) is 3.49. The van der Waals surface area contributed by atoms with Crippen molar-refractivity contribution in [1.29, 1.82) is 0 Å². The van der Waals surface area contributed by atoms with Gasteiger partial charge in [0.15, 0.2) is 0 Å². The minimum absolute atomic E-state index is 0.132. The van der Waals surface area contributed by atoms with Crippen molar-refractivity contribution in [2.45, 2.75) is 12.5 Å². The van der Waals surface area contributed by atoms with E-state index in [1.165, 1.54) is 0 Å². The maximum absolute atomic E-state index is 8.92. The van der Waals surface area contributed by atoms with E-state index in [9.17, 15) is 0 Å². The zero-order valence-corrected chi connectivity index (χ0v) is 10.7. The number of ether oxygens (including phenoxy) is 1. The second-order valence-electron chi connectivity index (χ2n) is 4.64. The Bertz CT molecular complexity index is 523. The zero-order valence-electron chi connectivity index (χ0n) is 10.7. The van der Waals surface area contributed by atoms with Gasteiger partial charge in [0, 0.05) is 17.7 Å². The largest absolute Gasteiger partial charge is 0.457 e. The molecule has 3 nitrogen and oxygen atoms in total. The maximum atomic E-state index is 8.92. The lowest BCUT2D eigenvalue weighted by molar-refractivity contribution is 0.283. The SMILES string of the molecule is OCCCNC1c2ccccc2Oc2ccccc21. The Morgan fingerprint density at radius 1 is 0.947 bits per heavy atom. The summed E-state index contributed by atoms with van der Waals surface area (Å²) in [5, 5.41) is 12.4. The summed E-state index contributed by atoms with van der Waals surface area (Å²) in [5.74, 6) is 1.81. The van der Waals surface area contributed by atoms with Gasteiger partial charge in [0.1, 0.15) is 11.5 Å². The Hall–Kier alpha value is -1.84. The van der Waals surface area contributed by atoms with Crippen LogP contribution < -0.4 is 10.1 Å². The van der Waals surface area contributed by atoms with Gasteiger partial charge in [-0.25, -0.2) is 0 Å². The van der Waals surface area contributed by atoms with Crippen LogP contribution in [0.15, 0.2) is 48.5 Å². The summed E-state index contributed by atoms with van der Waals surface area (Å²) >= 11 is 0. The standard InChI is InChI=1S/C16H17NO2/c18-11-5-10-17-16-12-6-1-3-8-14(12)19-15-9-4-2-7-13(15)16/h1-4,6-9,16-18H,5,10-11H2. The molecule has 3 rings (SSSR count). The van der Waals surface area contributed by atoms with Gasteiger partial charge >= 0.3 is 0 Å². The molecule has 3 heteroatoms. The third-order valence-corrected chi connectivity index (χ3v) is 3.36. The highest BCUT2D eigenvalue weighted by Crippen LogP contribution is 2.42. The normalized spacial score (nSPS) is 13.5. The van der Waals surface area contributed by atoms with Crippen LogP contribution in [-0.2, 0) is 0 Å². The highest BCUT2D eigenvalue weighted by atomic mass is 16.5. The maximum Gasteiger partial charge on any atom is 0.132 e. The van der Waals surface area contributed by atoms with Gasteiger partial charge in [-0.15, -0.1) is 0 Å². The van der Waals surface area contributed by atoms with E-state index in [2.05, 4.69) is 17.4 Å². The number of fused-ring (bicyclic) bond motifs is 2. The first-order valence-electron chi connectivity index (χ1n) is 6.60. The molecule has 0 radical (unpaired) electrons. The molecule has 19 heavy (non-hydrogen) atoms. The predicted molar refractivity (Wildman–Crippen MR) is 74.5 cm³/mol. The van der Waals surface area contributed by atoms with Crippen molar-refractivity contribution in [1.82, 2.24) is 5.32 Å². The topological polar surface area (TPSA) is 41.5 Å². The molecule has 98 valence electrons. The molecule has 1 aliphatic heterocycles. The lowest BCUT2D eigenvalue weighted by Gasteiger charge is -2.28. The fraction of sp³-hybridized carbons (Fsp3) is 0.250. The molecule has 0 unspecified atom stereocenters. The molecule has 1 aliphatic rings. The highest BCUT2D eigenvalue weighted by Gasteiger charge is 2.25. The molecule has 0 aliphatic carbocycles. The van der Waals surface area contributed by atoms with Crippen LogP contribution in [0.4, 0.5) is 0 Å². The number of para-hydroxylation sites is 2. The third-order valence-electron chi connectivity index (χ3n) is 3.36. The van der Waals surface area contributed by atoms with Crippen LogP contribution in [0.5, 0.6) is 11.5 Å². The molecule has 0 aromatic heterocycles. The molecule has 0 amide bonds. The first kappa shape index (κ1) is 12.2. The monoisotopic (exact) mass is 255 g/mol. The van der Waals surface area contributed by atoms with Crippen LogP contribution in [0, 0.1) is 0 Å². The van der Waals surface area contributed by atoms with Crippen molar-refractivity contribution < 1.29 is 9.84 Å². The van der Waals surface area contributed by atoms with Crippen molar-refractivity contribution in [2.24, 2.45) is 0 Å². The Morgan fingerprint density at radius 2 is 1.53 bits per heavy atom. The Labute approximate surface area is 112 Å². The summed E-state index contributed by atoms with van der Waals surface area (Å²) in [7, 11) is 0.